The van der Waals surface area contributed by atoms with E-state index in [1.54, 1.807) is 12.1 Å². The minimum Gasteiger partial charge on any atom is -0.548 e. The lowest BCUT2D eigenvalue weighted by Gasteiger charge is -2.24. The monoisotopic (exact) mass is 349 g/mol. The fraction of sp³-hybridized carbons (Fsp3) is 0.500. The van der Waals surface area contributed by atoms with Gasteiger partial charge in [-0.1, -0.05) is 32.9 Å². The van der Waals surface area contributed by atoms with Crippen LogP contribution < -0.4 is 15.7 Å². The second-order valence-electron chi connectivity index (χ2n) is 7.07. The van der Waals surface area contributed by atoms with Crippen molar-refractivity contribution in [2.45, 2.75) is 58.2 Å². The molecule has 0 heterocycles. The second kappa shape index (κ2) is 8.11. The quantitative estimate of drug-likeness (QED) is 0.653. The van der Waals surface area contributed by atoms with Gasteiger partial charge in [-0.15, -0.1) is 0 Å². The molecule has 1 aromatic rings. The van der Waals surface area contributed by atoms with Crippen molar-refractivity contribution in [3.05, 3.63) is 35.4 Å². The van der Waals surface area contributed by atoms with Gasteiger partial charge < -0.3 is 25.6 Å². The molecule has 0 bridgehead atoms. The van der Waals surface area contributed by atoms with Gasteiger partial charge in [0, 0.05) is 5.56 Å². The van der Waals surface area contributed by atoms with Crippen LogP contribution in [0.4, 0.5) is 0 Å². The number of amides is 2. The Morgan fingerprint density at radius 1 is 1.04 bits per heavy atom. The Hall–Kier alpha value is -2.41. The highest BCUT2D eigenvalue weighted by Crippen LogP contribution is 2.22. The zero-order valence-electron chi connectivity index (χ0n) is 15.1. The summed E-state index contributed by atoms with van der Waals surface area (Å²) in [7, 11) is 0. The van der Waals surface area contributed by atoms with Gasteiger partial charge in [-0.25, -0.2) is 0 Å². The minimum atomic E-state index is -1.60. The summed E-state index contributed by atoms with van der Waals surface area (Å²) in [5, 5.41) is 24.9. The maximum atomic E-state index is 12.2. The molecule has 0 aliphatic heterocycles. The predicted octanol–water partition coefficient (Wildman–Crippen LogP) is -0.282. The van der Waals surface area contributed by atoms with Crippen LogP contribution in [0.25, 0.3) is 0 Å². The standard InChI is InChI=1S/C18H26N2O5/c1-10(15(22)20-14(11(2)21)17(24)25)19-16(23)12-6-8-13(9-7-12)18(3,4)5/h6-11,14,21H,1-5H3,(H,19,23)(H,20,22)(H,24,25)/p-1/t10-,11+,14+/m0/s1. The molecule has 0 unspecified atom stereocenters. The number of aliphatic hydroxyl groups is 1. The van der Waals surface area contributed by atoms with Gasteiger partial charge in [0.2, 0.25) is 5.91 Å². The van der Waals surface area contributed by atoms with Crippen molar-refractivity contribution >= 4 is 17.8 Å². The highest BCUT2D eigenvalue weighted by atomic mass is 16.4. The lowest BCUT2D eigenvalue weighted by molar-refractivity contribution is -0.310. The van der Waals surface area contributed by atoms with E-state index in [-0.39, 0.29) is 5.41 Å². The molecule has 0 aliphatic carbocycles. The second-order valence-corrected chi connectivity index (χ2v) is 7.07. The first kappa shape index (κ1) is 20.6. The van der Waals surface area contributed by atoms with Gasteiger partial charge in [0.25, 0.3) is 5.91 Å². The summed E-state index contributed by atoms with van der Waals surface area (Å²) in [6.45, 7) is 8.82. The number of aliphatic hydroxyl groups excluding tert-OH is 1. The first-order chi connectivity index (χ1) is 11.4. The fourth-order valence-electron chi connectivity index (χ4n) is 2.12. The molecule has 0 saturated heterocycles. The van der Waals surface area contributed by atoms with E-state index >= 15 is 0 Å². The summed E-state index contributed by atoms with van der Waals surface area (Å²) in [5.74, 6) is -2.78. The Labute approximate surface area is 147 Å². The number of carbonyl (C=O) groups is 3. The fourth-order valence-corrected chi connectivity index (χ4v) is 2.12. The summed E-state index contributed by atoms with van der Waals surface area (Å²) in [4.78, 5) is 35.1. The van der Waals surface area contributed by atoms with Gasteiger partial charge in [-0.3, -0.25) is 9.59 Å². The molecule has 3 atom stereocenters. The van der Waals surface area contributed by atoms with Crippen LogP contribution in [-0.2, 0) is 15.0 Å². The van der Waals surface area contributed by atoms with E-state index < -0.39 is 36.0 Å². The smallest absolute Gasteiger partial charge is 0.251 e. The van der Waals surface area contributed by atoms with Gasteiger partial charge in [0.05, 0.1) is 18.1 Å². The first-order valence-electron chi connectivity index (χ1n) is 8.04. The highest BCUT2D eigenvalue weighted by molar-refractivity contribution is 5.98. The van der Waals surface area contributed by atoms with Crippen LogP contribution in [0, 0.1) is 0 Å². The molecule has 138 valence electrons. The number of carbonyl (C=O) groups excluding carboxylic acids is 3. The Bertz CT molecular complexity index is 632. The normalized spacial score (nSPS) is 15.0. The summed E-state index contributed by atoms with van der Waals surface area (Å²) in [5.41, 5.74) is 1.42. The molecule has 0 spiro atoms. The van der Waals surface area contributed by atoms with Crippen molar-refractivity contribution in [1.82, 2.24) is 10.6 Å². The zero-order valence-corrected chi connectivity index (χ0v) is 15.1. The summed E-state index contributed by atoms with van der Waals surface area (Å²) in [6, 6.07) is 4.51. The van der Waals surface area contributed by atoms with Crippen LogP contribution in [0.1, 0.15) is 50.5 Å². The van der Waals surface area contributed by atoms with Crippen molar-refractivity contribution in [3.63, 3.8) is 0 Å². The van der Waals surface area contributed by atoms with Gasteiger partial charge in [-0.2, -0.15) is 0 Å². The molecule has 0 saturated carbocycles. The van der Waals surface area contributed by atoms with E-state index in [9.17, 15) is 24.6 Å². The van der Waals surface area contributed by atoms with Crippen LogP contribution in [-0.4, -0.2) is 41.1 Å². The van der Waals surface area contributed by atoms with Crippen LogP contribution >= 0.6 is 0 Å². The van der Waals surface area contributed by atoms with Crippen molar-refractivity contribution < 1.29 is 24.6 Å². The number of rotatable bonds is 6. The van der Waals surface area contributed by atoms with Gasteiger partial charge in [0.15, 0.2) is 0 Å². The van der Waals surface area contributed by atoms with Crippen LogP contribution in [0.15, 0.2) is 24.3 Å². The summed E-state index contributed by atoms with van der Waals surface area (Å²) < 4.78 is 0. The highest BCUT2D eigenvalue weighted by Gasteiger charge is 2.23. The molecule has 0 aromatic heterocycles. The van der Waals surface area contributed by atoms with E-state index in [2.05, 4.69) is 31.4 Å². The molecule has 0 fully saturated rings. The number of hydrogen-bond acceptors (Lipinski definition) is 5. The maximum absolute atomic E-state index is 12.2. The molecule has 25 heavy (non-hydrogen) atoms. The topological polar surface area (TPSA) is 119 Å². The SMILES string of the molecule is C[C@H](NC(=O)c1ccc(C(C)(C)C)cc1)C(=O)N[C@@H](C(=O)[O-])[C@@H](C)O. The number of carboxylic acid groups (broad SMARTS) is 1. The average molecular weight is 349 g/mol. The van der Waals surface area contributed by atoms with Gasteiger partial charge >= 0.3 is 0 Å². The van der Waals surface area contributed by atoms with E-state index in [0.29, 0.717) is 5.56 Å². The third kappa shape index (κ3) is 5.86. The molecule has 0 aliphatic rings. The average Bonchev–Trinajstić information content (AvgIpc) is 2.50. The van der Waals surface area contributed by atoms with E-state index in [1.807, 2.05) is 12.1 Å². The number of hydrogen-bond donors (Lipinski definition) is 3. The molecule has 2 amide bonds. The maximum Gasteiger partial charge on any atom is 0.251 e. The van der Waals surface area contributed by atoms with Crippen molar-refractivity contribution in [2.24, 2.45) is 0 Å². The number of carboxylic acids is 1. The zero-order chi connectivity index (χ0) is 19.4. The van der Waals surface area contributed by atoms with Gasteiger partial charge in [0.1, 0.15) is 6.04 Å². The van der Waals surface area contributed by atoms with Crippen LogP contribution in [0.3, 0.4) is 0 Å². The lowest BCUT2D eigenvalue weighted by Crippen LogP contribution is -2.57. The Balaban J connectivity index is 2.72. The predicted molar refractivity (Wildman–Crippen MR) is 90.7 cm³/mol. The molecule has 0 radical (unpaired) electrons. The van der Waals surface area contributed by atoms with Gasteiger partial charge in [-0.05, 0) is 37.0 Å². The van der Waals surface area contributed by atoms with Crippen LogP contribution in [0.5, 0.6) is 0 Å². The van der Waals surface area contributed by atoms with E-state index in [1.165, 1.54) is 13.8 Å². The molecule has 7 nitrogen and oxygen atoms in total. The first-order valence-corrected chi connectivity index (χ1v) is 8.04. The Morgan fingerprint density at radius 3 is 1.96 bits per heavy atom. The number of nitrogens with one attached hydrogen (secondary N) is 2. The largest absolute Gasteiger partial charge is 0.548 e. The summed E-state index contributed by atoms with van der Waals surface area (Å²) >= 11 is 0. The molecule has 3 N–H and O–H groups in total. The molecular formula is C18H25N2O5-. The molecular weight excluding hydrogens is 324 g/mol. The Kier molecular flexibility index (Phi) is 6.70. The molecule has 7 heteroatoms. The van der Waals surface area contributed by atoms with E-state index in [0.717, 1.165) is 5.56 Å². The summed E-state index contributed by atoms with van der Waals surface area (Å²) in [6.07, 6.45) is -1.32. The Morgan fingerprint density at radius 2 is 1.56 bits per heavy atom. The third-order valence-corrected chi connectivity index (χ3v) is 3.79. The van der Waals surface area contributed by atoms with E-state index in [4.69, 9.17) is 0 Å². The van der Waals surface area contributed by atoms with Crippen molar-refractivity contribution in [2.75, 3.05) is 0 Å². The number of aliphatic carboxylic acids is 1. The number of benzene rings is 1. The third-order valence-electron chi connectivity index (χ3n) is 3.79. The van der Waals surface area contributed by atoms with Crippen molar-refractivity contribution in [3.8, 4) is 0 Å². The minimum absolute atomic E-state index is 0.0386. The lowest BCUT2D eigenvalue weighted by atomic mass is 9.86. The van der Waals surface area contributed by atoms with Crippen molar-refractivity contribution in [1.29, 1.82) is 0 Å². The molecule has 1 aromatic carbocycles. The molecule has 1 rings (SSSR count). The van der Waals surface area contributed by atoms with Crippen LogP contribution in [0.2, 0.25) is 0 Å².